The first-order valence-electron chi connectivity index (χ1n) is 29.0. The Labute approximate surface area is 486 Å². The summed E-state index contributed by atoms with van der Waals surface area (Å²) in [6, 6.07) is 64.7. The fraction of sp³-hybridized carbons (Fsp3) is 0.143. The van der Waals surface area contributed by atoms with Gasteiger partial charge in [-0.25, -0.2) is 0 Å². The number of benzene rings is 9. The Morgan fingerprint density at radius 1 is 0.554 bits per heavy atom. The second kappa shape index (κ2) is 19.0. The number of aromatic nitrogens is 1. The van der Waals surface area contributed by atoms with E-state index in [1.807, 2.05) is 36.4 Å². The molecule has 9 aromatic carbocycles. The van der Waals surface area contributed by atoms with Crippen LogP contribution in [0.1, 0.15) is 87.5 Å². The molecule has 404 valence electrons. The maximum Gasteiger partial charge on any atom is 0.252 e. The highest BCUT2D eigenvalue weighted by Crippen LogP contribution is 2.50. The first kappa shape index (κ1) is 51.6. The van der Waals surface area contributed by atoms with Crippen LogP contribution in [0.4, 0.5) is 34.1 Å². The van der Waals surface area contributed by atoms with Crippen molar-refractivity contribution in [1.29, 1.82) is 0 Å². The molecule has 2 aliphatic rings. The number of rotatable bonds is 8. The molecule has 0 aliphatic carbocycles. The molecule has 0 saturated carbocycles. The minimum Gasteiger partial charge on any atom is -0.455 e. The molecule has 5 nitrogen and oxygen atoms in total. The lowest BCUT2D eigenvalue weighted by Gasteiger charge is -2.46. The molecule has 0 bridgehead atoms. The van der Waals surface area contributed by atoms with Crippen LogP contribution in [0.25, 0.3) is 84.9 Å². The highest BCUT2D eigenvalue weighted by atomic mass is 16.3. The van der Waals surface area contributed by atoms with Crippen LogP contribution in [0.2, 0.25) is 0 Å². The SMILES string of the molecule is C=C/C(c1cc(C)c(N2c3cc4c(cc3B3c5ccc(C(C)(C)C)cc5N(c5ccc(-c6cccc7c6oc6ccccc67)cc5)c5cc(C(C)(C)C)cc2c53)c(/C=C\C)c(C=C)n4-c2ccccc2)c(C)c1)=c1/oc2ccccc2c1=C. The van der Waals surface area contributed by atoms with Gasteiger partial charge in [0.05, 0.1) is 16.9 Å². The summed E-state index contributed by atoms with van der Waals surface area (Å²) in [5, 5.41) is 5.27. The quantitative estimate of drug-likeness (QED) is 0.142. The van der Waals surface area contributed by atoms with Crippen LogP contribution in [0, 0.1) is 13.8 Å². The van der Waals surface area contributed by atoms with Gasteiger partial charge in [-0.1, -0.05) is 183 Å². The topological polar surface area (TPSA) is 37.7 Å². The van der Waals surface area contributed by atoms with E-state index in [9.17, 15) is 0 Å². The Hall–Kier alpha value is -9.52. The van der Waals surface area contributed by atoms with E-state index in [0.717, 1.165) is 122 Å². The van der Waals surface area contributed by atoms with Crippen LogP contribution in [0.15, 0.2) is 210 Å². The first-order chi connectivity index (χ1) is 40.1. The molecule has 14 rings (SSSR count). The molecule has 5 heterocycles. The number of para-hydroxylation sites is 4. The van der Waals surface area contributed by atoms with Crippen LogP contribution in [-0.4, -0.2) is 11.3 Å². The average molecular weight is 1080 g/mol. The van der Waals surface area contributed by atoms with Gasteiger partial charge in [0.25, 0.3) is 6.71 Å². The molecule has 12 aromatic rings. The Morgan fingerprint density at radius 3 is 1.84 bits per heavy atom. The summed E-state index contributed by atoms with van der Waals surface area (Å²) in [6.07, 6.45) is 8.35. The van der Waals surface area contributed by atoms with Crippen molar-refractivity contribution in [3.8, 4) is 16.8 Å². The molecular weight excluding hydrogens is 1010 g/mol. The van der Waals surface area contributed by atoms with Gasteiger partial charge in [-0.2, -0.15) is 0 Å². The molecule has 0 atom stereocenters. The minimum absolute atomic E-state index is 0.117. The largest absolute Gasteiger partial charge is 0.455 e. The van der Waals surface area contributed by atoms with E-state index in [2.05, 4.69) is 260 Å². The number of furan rings is 2. The summed E-state index contributed by atoms with van der Waals surface area (Å²) < 4.78 is 15.6. The van der Waals surface area contributed by atoms with Crippen molar-refractivity contribution in [3.63, 3.8) is 0 Å². The van der Waals surface area contributed by atoms with Crippen LogP contribution >= 0.6 is 0 Å². The lowest BCUT2D eigenvalue weighted by Crippen LogP contribution is -2.61. The van der Waals surface area contributed by atoms with E-state index in [0.29, 0.717) is 0 Å². The molecule has 0 fully saturated rings. The highest BCUT2D eigenvalue weighted by Gasteiger charge is 2.45. The summed E-state index contributed by atoms with van der Waals surface area (Å²) in [6.45, 7) is 33.8. The van der Waals surface area contributed by atoms with Gasteiger partial charge >= 0.3 is 0 Å². The van der Waals surface area contributed by atoms with E-state index >= 15 is 0 Å². The van der Waals surface area contributed by atoms with E-state index in [1.165, 1.54) is 44.3 Å². The van der Waals surface area contributed by atoms with Crippen LogP contribution < -0.4 is 36.8 Å². The van der Waals surface area contributed by atoms with Crippen molar-refractivity contribution >= 4 is 125 Å². The van der Waals surface area contributed by atoms with E-state index in [1.54, 1.807) is 0 Å². The molecule has 0 unspecified atom stereocenters. The zero-order valence-electron chi connectivity index (χ0n) is 48.9. The number of anilines is 6. The fourth-order valence-electron chi connectivity index (χ4n) is 13.5. The van der Waals surface area contributed by atoms with E-state index in [4.69, 9.17) is 8.83 Å². The summed E-state index contributed by atoms with van der Waals surface area (Å²) in [5.74, 6) is 0. The molecule has 0 saturated heterocycles. The molecule has 0 N–H and O–H groups in total. The first-order valence-corrected chi connectivity index (χ1v) is 29.0. The second-order valence-corrected chi connectivity index (χ2v) is 24.7. The Bertz CT molecular complexity index is 4840. The number of hydrogen-bond acceptors (Lipinski definition) is 4. The predicted octanol–water partition coefficient (Wildman–Crippen LogP) is 17.7. The van der Waals surface area contributed by atoms with Gasteiger partial charge in [0.15, 0.2) is 0 Å². The number of aryl methyl sites for hydroxylation is 2. The van der Waals surface area contributed by atoms with Crippen molar-refractivity contribution in [2.75, 3.05) is 9.80 Å². The Kier molecular flexibility index (Phi) is 11.8. The predicted molar refractivity (Wildman–Crippen MR) is 355 cm³/mol. The van der Waals surface area contributed by atoms with Gasteiger partial charge in [0.1, 0.15) is 22.2 Å². The summed E-state index contributed by atoms with van der Waals surface area (Å²) >= 11 is 0. The zero-order chi connectivity index (χ0) is 57.4. The molecule has 0 radical (unpaired) electrons. The zero-order valence-corrected chi connectivity index (χ0v) is 48.9. The van der Waals surface area contributed by atoms with Crippen molar-refractivity contribution in [2.24, 2.45) is 0 Å². The number of allylic oxidation sites excluding steroid dienone is 2. The van der Waals surface area contributed by atoms with Crippen molar-refractivity contribution in [2.45, 2.75) is 73.1 Å². The lowest BCUT2D eigenvalue weighted by atomic mass is 9.33. The molecule has 6 heteroatoms. The van der Waals surface area contributed by atoms with Crippen molar-refractivity contribution < 1.29 is 8.83 Å². The van der Waals surface area contributed by atoms with E-state index in [-0.39, 0.29) is 17.5 Å². The van der Waals surface area contributed by atoms with Gasteiger partial charge in [-0.15, -0.1) is 0 Å². The van der Waals surface area contributed by atoms with Crippen molar-refractivity contribution in [3.05, 3.63) is 251 Å². The third-order valence-corrected chi connectivity index (χ3v) is 17.5. The average Bonchev–Trinajstić information content (AvgIpc) is 2.29. The molecular formula is C77H66BN3O2. The molecule has 0 spiro atoms. The maximum atomic E-state index is 6.61. The molecule has 2 aliphatic heterocycles. The molecule has 3 aromatic heterocycles. The van der Waals surface area contributed by atoms with Crippen molar-refractivity contribution in [1.82, 2.24) is 4.57 Å². The second-order valence-electron chi connectivity index (χ2n) is 24.7. The third kappa shape index (κ3) is 7.98. The molecule has 83 heavy (non-hydrogen) atoms. The van der Waals surface area contributed by atoms with E-state index < -0.39 is 0 Å². The van der Waals surface area contributed by atoms with Gasteiger partial charge in [0, 0.05) is 77.6 Å². The fourth-order valence-corrected chi connectivity index (χ4v) is 13.5. The third-order valence-electron chi connectivity index (χ3n) is 17.5. The molecule has 0 amide bonds. The Morgan fingerprint density at radius 2 is 1.18 bits per heavy atom. The summed E-state index contributed by atoms with van der Waals surface area (Å²) in [7, 11) is 0. The minimum atomic E-state index is -0.228. The summed E-state index contributed by atoms with van der Waals surface area (Å²) in [5.41, 5.74) is 26.9. The van der Waals surface area contributed by atoms with Crippen LogP contribution in [0.3, 0.4) is 0 Å². The number of fused-ring (bicyclic) bond motifs is 9. The standard InChI is InChI=1S/C77H66BN3O2/c1-13-24-58-61-44-63-67(45-65(61)79(64(58)15-3)53-25-17-16-18-26-53)81(73-46(4)39-50(40-47(73)5)55(14-2)74-48(6)56-27-19-21-31-70(56)82-74)69-43-52(77(10,11)12)42-68-72(69)78(63)62-38-35-51(76(7,8)9)41-66(62)80(68)54-36-33-49(34-37-54)57-29-23-30-60-59-28-20-22-32-71(59)83-75(57)60/h13-45H,2-3,6H2,1,4-5,7-12H3/b24-13-,74-55-. The van der Waals surface area contributed by atoms with Gasteiger partial charge in [-0.3, -0.25) is 0 Å². The lowest BCUT2D eigenvalue weighted by molar-refractivity contribution is 0.573. The van der Waals surface area contributed by atoms with Crippen LogP contribution in [-0.2, 0) is 10.8 Å². The number of hydrogen-bond donors (Lipinski definition) is 0. The highest BCUT2D eigenvalue weighted by molar-refractivity contribution is 7.00. The maximum absolute atomic E-state index is 6.61. The van der Waals surface area contributed by atoms with Gasteiger partial charge in [0.2, 0.25) is 0 Å². The van der Waals surface area contributed by atoms with Crippen LogP contribution in [0.5, 0.6) is 0 Å². The van der Waals surface area contributed by atoms with Gasteiger partial charge in [-0.05, 0) is 160 Å². The normalized spacial score (nSPS) is 13.6. The monoisotopic (exact) mass is 1080 g/mol. The van der Waals surface area contributed by atoms with Gasteiger partial charge < -0.3 is 23.2 Å². The Balaban J connectivity index is 1.07. The summed E-state index contributed by atoms with van der Waals surface area (Å²) in [4.78, 5) is 5.16. The number of nitrogens with zero attached hydrogens (tertiary/aromatic N) is 3. The smallest absolute Gasteiger partial charge is 0.252 e.